The molecule has 0 heterocycles. The van der Waals surface area contributed by atoms with Crippen molar-refractivity contribution in [1.82, 2.24) is 0 Å². The molecule has 1 aromatic carbocycles. The highest BCUT2D eigenvalue weighted by Gasteiger charge is 2.64. The highest BCUT2D eigenvalue weighted by atomic mass is 35.5. The number of hydrogen-bond acceptors (Lipinski definition) is 5. The molecule has 0 atom stereocenters. The van der Waals surface area contributed by atoms with Gasteiger partial charge in [-0.3, -0.25) is 0 Å². The second-order valence-electron chi connectivity index (χ2n) is 4.74. The van der Waals surface area contributed by atoms with Crippen molar-refractivity contribution in [2.45, 2.75) is 28.3 Å². The molecule has 0 amide bonds. The summed E-state index contributed by atoms with van der Waals surface area (Å²) in [5, 5.41) is 9.78. The van der Waals surface area contributed by atoms with Crippen molar-refractivity contribution in [3.8, 4) is 6.07 Å². The third kappa shape index (κ3) is 2.11. The number of methoxy groups -OCH3 is 2. The molecular formula is C13H14ClNO4S. The Morgan fingerprint density at radius 1 is 1.20 bits per heavy atom. The highest BCUT2D eigenvalue weighted by Crippen LogP contribution is 2.50. The standard InChI is InChI=1S/C13H14ClNO4S/c1-18-13(19-2)7-12(8-13,9-15)20(16,17)11-5-3-10(14)4-6-11/h3-6H,7-8H2,1-2H3. The smallest absolute Gasteiger partial charge is 0.197 e. The number of nitrogens with zero attached hydrogens (tertiary/aromatic N) is 1. The van der Waals surface area contributed by atoms with Gasteiger partial charge in [-0.2, -0.15) is 5.26 Å². The second kappa shape index (κ2) is 5.01. The molecule has 5 nitrogen and oxygen atoms in total. The number of nitriles is 1. The molecule has 1 aliphatic carbocycles. The zero-order valence-electron chi connectivity index (χ0n) is 11.1. The van der Waals surface area contributed by atoms with Gasteiger partial charge in [0.15, 0.2) is 20.4 Å². The number of hydrogen-bond donors (Lipinski definition) is 0. The van der Waals surface area contributed by atoms with Crippen LogP contribution >= 0.6 is 11.6 Å². The van der Waals surface area contributed by atoms with Crippen LogP contribution in [0.4, 0.5) is 0 Å². The summed E-state index contributed by atoms with van der Waals surface area (Å²) in [5.74, 6) is -1.00. The van der Waals surface area contributed by atoms with E-state index in [0.717, 1.165) is 0 Å². The van der Waals surface area contributed by atoms with Gasteiger partial charge in [0, 0.05) is 32.1 Å². The highest BCUT2D eigenvalue weighted by molar-refractivity contribution is 7.93. The summed E-state index contributed by atoms with van der Waals surface area (Å²) >= 11 is 5.75. The van der Waals surface area contributed by atoms with Gasteiger partial charge in [-0.1, -0.05) is 11.6 Å². The third-order valence-corrected chi connectivity index (χ3v) is 6.25. The summed E-state index contributed by atoms with van der Waals surface area (Å²) in [7, 11) is -0.941. The molecule has 0 aliphatic heterocycles. The van der Waals surface area contributed by atoms with Crippen LogP contribution in [-0.4, -0.2) is 33.2 Å². The fourth-order valence-corrected chi connectivity index (χ4v) is 4.37. The summed E-state index contributed by atoms with van der Waals surface area (Å²) in [6.45, 7) is 0. The Labute approximate surface area is 123 Å². The van der Waals surface area contributed by atoms with Crippen LogP contribution in [0.15, 0.2) is 29.2 Å². The topological polar surface area (TPSA) is 76.4 Å². The van der Waals surface area contributed by atoms with Crippen LogP contribution in [0.3, 0.4) is 0 Å². The number of sulfone groups is 1. The predicted molar refractivity (Wildman–Crippen MR) is 73.0 cm³/mol. The Bertz CT molecular complexity index is 636. The normalized spacial score (nSPS) is 19.9. The zero-order chi connectivity index (χ0) is 15.0. The molecule has 1 fully saturated rings. The maximum Gasteiger partial charge on any atom is 0.197 e. The lowest BCUT2D eigenvalue weighted by Gasteiger charge is -2.49. The Kier molecular flexibility index (Phi) is 3.82. The first-order valence-electron chi connectivity index (χ1n) is 5.86. The van der Waals surface area contributed by atoms with Gasteiger partial charge >= 0.3 is 0 Å². The quantitative estimate of drug-likeness (QED) is 0.796. The fraction of sp³-hybridized carbons (Fsp3) is 0.462. The van der Waals surface area contributed by atoms with Crippen molar-refractivity contribution in [2.75, 3.05) is 14.2 Å². The van der Waals surface area contributed by atoms with Crippen molar-refractivity contribution < 1.29 is 17.9 Å². The first-order valence-corrected chi connectivity index (χ1v) is 7.73. The van der Waals surface area contributed by atoms with Crippen LogP contribution in [0.5, 0.6) is 0 Å². The maximum absolute atomic E-state index is 12.6. The van der Waals surface area contributed by atoms with E-state index >= 15 is 0 Å². The molecule has 0 spiro atoms. The van der Waals surface area contributed by atoms with Gasteiger partial charge in [-0.05, 0) is 24.3 Å². The van der Waals surface area contributed by atoms with E-state index in [-0.39, 0.29) is 17.7 Å². The molecule has 0 aromatic heterocycles. The van der Waals surface area contributed by atoms with E-state index in [9.17, 15) is 13.7 Å². The molecule has 0 radical (unpaired) electrons. The van der Waals surface area contributed by atoms with Gasteiger partial charge in [0.05, 0.1) is 11.0 Å². The van der Waals surface area contributed by atoms with E-state index < -0.39 is 20.4 Å². The van der Waals surface area contributed by atoms with Crippen LogP contribution in [0.2, 0.25) is 5.02 Å². The summed E-state index contributed by atoms with van der Waals surface area (Å²) in [5.41, 5.74) is 0. The molecule has 1 saturated carbocycles. The summed E-state index contributed by atoms with van der Waals surface area (Å²) in [6, 6.07) is 7.68. The third-order valence-electron chi connectivity index (χ3n) is 3.70. The SMILES string of the molecule is COC1(OC)CC(C#N)(S(=O)(=O)c2ccc(Cl)cc2)C1. The number of benzene rings is 1. The van der Waals surface area contributed by atoms with E-state index in [1.807, 2.05) is 6.07 Å². The largest absolute Gasteiger partial charge is 0.353 e. The first kappa shape index (κ1) is 15.3. The monoisotopic (exact) mass is 315 g/mol. The molecule has 0 N–H and O–H groups in total. The van der Waals surface area contributed by atoms with Crippen molar-refractivity contribution in [1.29, 1.82) is 5.26 Å². The van der Waals surface area contributed by atoms with E-state index in [1.54, 1.807) is 0 Å². The molecule has 7 heteroatoms. The van der Waals surface area contributed by atoms with E-state index in [1.165, 1.54) is 38.5 Å². The average molecular weight is 316 g/mol. The Morgan fingerprint density at radius 2 is 1.70 bits per heavy atom. The number of rotatable bonds is 4. The second-order valence-corrected chi connectivity index (χ2v) is 7.43. The lowest BCUT2D eigenvalue weighted by atomic mass is 9.78. The maximum atomic E-state index is 12.6. The molecule has 0 unspecified atom stereocenters. The summed E-state index contributed by atoms with van der Waals surface area (Å²) in [6.07, 6.45) is -0.0388. The van der Waals surface area contributed by atoms with Crippen molar-refractivity contribution >= 4 is 21.4 Å². The lowest BCUT2D eigenvalue weighted by Crippen LogP contribution is -2.61. The van der Waals surface area contributed by atoms with E-state index in [0.29, 0.717) is 5.02 Å². The molecule has 20 heavy (non-hydrogen) atoms. The minimum Gasteiger partial charge on any atom is -0.353 e. The van der Waals surface area contributed by atoms with Gasteiger partial charge < -0.3 is 9.47 Å². The van der Waals surface area contributed by atoms with Crippen molar-refractivity contribution in [3.63, 3.8) is 0 Å². The van der Waals surface area contributed by atoms with Crippen LogP contribution in [0, 0.1) is 11.3 Å². The van der Waals surface area contributed by atoms with E-state index in [4.69, 9.17) is 21.1 Å². The average Bonchev–Trinajstić information content (AvgIpc) is 2.40. The summed E-state index contributed by atoms with van der Waals surface area (Å²) in [4.78, 5) is 0.0734. The fourth-order valence-electron chi connectivity index (χ4n) is 2.36. The predicted octanol–water partition coefficient (Wildman–Crippen LogP) is 2.16. The van der Waals surface area contributed by atoms with Gasteiger partial charge in [-0.25, -0.2) is 8.42 Å². The van der Waals surface area contributed by atoms with Gasteiger partial charge in [-0.15, -0.1) is 0 Å². The molecular weight excluding hydrogens is 302 g/mol. The molecule has 0 bridgehead atoms. The molecule has 108 valence electrons. The van der Waals surface area contributed by atoms with Crippen molar-refractivity contribution in [2.24, 2.45) is 0 Å². The first-order chi connectivity index (χ1) is 9.35. The van der Waals surface area contributed by atoms with Gasteiger partial charge in [0.1, 0.15) is 0 Å². The number of ether oxygens (including phenoxy) is 2. The molecule has 2 rings (SSSR count). The molecule has 1 aliphatic rings. The van der Waals surface area contributed by atoms with Crippen LogP contribution in [-0.2, 0) is 19.3 Å². The van der Waals surface area contributed by atoms with Crippen LogP contribution in [0.1, 0.15) is 12.8 Å². The minimum absolute atomic E-state index is 0.0194. The zero-order valence-corrected chi connectivity index (χ0v) is 12.7. The molecule has 0 saturated heterocycles. The lowest BCUT2D eigenvalue weighted by molar-refractivity contribution is -0.256. The minimum atomic E-state index is -3.80. The van der Waals surface area contributed by atoms with Crippen molar-refractivity contribution in [3.05, 3.63) is 29.3 Å². The van der Waals surface area contributed by atoms with Gasteiger partial charge in [0.2, 0.25) is 0 Å². The molecule has 1 aromatic rings. The van der Waals surface area contributed by atoms with Gasteiger partial charge in [0.25, 0.3) is 0 Å². The number of halogens is 1. The Hall–Kier alpha value is -1.13. The van der Waals surface area contributed by atoms with Crippen LogP contribution < -0.4 is 0 Å². The van der Waals surface area contributed by atoms with E-state index in [2.05, 4.69) is 0 Å². The Morgan fingerprint density at radius 3 is 2.10 bits per heavy atom. The van der Waals surface area contributed by atoms with Crippen LogP contribution in [0.25, 0.3) is 0 Å². The Balaban J connectivity index is 2.39. The summed E-state index contributed by atoms with van der Waals surface area (Å²) < 4.78 is 34.1.